The van der Waals surface area contributed by atoms with Crippen LogP contribution in [-0.2, 0) is 14.3 Å². The summed E-state index contributed by atoms with van der Waals surface area (Å²) in [7, 11) is 0. The molecule has 1 aliphatic carbocycles. The Morgan fingerprint density at radius 3 is 2.74 bits per heavy atom. The number of allylic oxidation sites excluding steroid dienone is 3. The Bertz CT molecular complexity index is 571. The van der Waals surface area contributed by atoms with E-state index in [1.165, 1.54) is 11.1 Å². The first kappa shape index (κ1) is 16.5. The van der Waals surface area contributed by atoms with E-state index < -0.39 is 0 Å². The van der Waals surface area contributed by atoms with Crippen molar-refractivity contribution in [2.75, 3.05) is 0 Å². The molecule has 3 rings (SSSR count). The lowest BCUT2D eigenvalue weighted by molar-refractivity contribution is -0.139. The Kier molecular flexibility index (Phi) is 4.50. The number of carbonyl (C=O) groups excluding carboxylic acids is 1. The van der Waals surface area contributed by atoms with Crippen molar-refractivity contribution in [2.45, 2.75) is 77.1 Å². The van der Waals surface area contributed by atoms with Crippen LogP contribution in [0, 0.1) is 5.92 Å². The minimum Gasteiger partial charge on any atom is -0.458 e. The summed E-state index contributed by atoms with van der Waals surface area (Å²) in [5, 5.41) is 0. The van der Waals surface area contributed by atoms with E-state index in [4.69, 9.17) is 9.47 Å². The summed E-state index contributed by atoms with van der Waals surface area (Å²) in [5.41, 5.74) is 3.34. The number of epoxide rings is 1. The van der Waals surface area contributed by atoms with Crippen LogP contribution in [0.25, 0.3) is 0 Å². The van der Waals surface area contributed by atoms with Gasteiger partial charge in [0.2, 0.25) is 0 Å². The van der Waals surface area contributed by atoms with Gasteiger partial charge in [-0.15, -0.1) is 0 Å². The number of rotatable bonds is 0. The highest BCUT2D eigenvalue weighted by atomic mass is 16.6. The van der Waals surface area contributed by atoms with Crippen LogP contribution in [-0.4, -0.2) is 23.8 Å². The number of carbonyl (C=O) groups is 1. The average molecular weight is 316 g/mol. The third-order valence-electron chi connectivity index (χ3n) is 5.61. The summed E-state index contributed by atoms with van der Waals surface area (Å²) in [4.78, 5) is 11.9. The first-order valence-electron chi connectivity index (χ1n) is 8.78. The van der Waals surface area contributed by atoms with E-state index in [1.807, 2.05) is 0 Å². The van der Waals surface area contributed by atoms with Gasteiger partial charge in [0.05, 0.1) is 11.7 Å². The van der Waals surface area contributed by atoms with Gasteiger partial charge in [0, 0.05) is 17.9 Å². The van der Waals surface area contributed by atoms with Crippen LogP contribution in [0.5, 0.6) is 0 Å². The molecular formula is C20H28O3. The summed E-state index contributed by atoms with van der Waals surface area (Å²) in [6.07, 6.45) is 10.7. The molecule has 0 radical (unpaired) electrons. The van der Waals surface area contributed by atoms with Gasteiger partial charge in [0.1, 0.15) is 6.10 Å². The normalized spacial score (nSPS) is 43.2. The molecule has 0 saturated carbocycles. The maximum atomic E-state index is 11.9. The van der Waals surface area contributed by atoms with Crippen LogP contribution in [0.4, 0.5) is 0 Å². The molecule has 0 aromatic rings. The van der Waals surface area contributed by atoms with Crippen LogP contribution < -0.4 is 0 Å². The van der Waals surface area contributed by atoms with Gasteiger partial charge in [-0.1, -0.05) is 29.9 Å². The minimum absolute atomic E-state index is 0.0394. The fourth-order valence-electron chi connectivity index (χ4n) is 3.84. The molecule has 3 aliphatic rings. The molecule has 0 amide bonds. The topological polar surface area (TPSA) is 38.8 Å². The van der Waals surface area contributed by atoms with Gasteiger partial charge >= 0.3 is 5.97 Å². The molecule has 2 fully saturated rings. The molecule has 0 aromatic carbocycles. The standard InChI is InChI=1S/C20H28O3/c1-13-7-5-8-14(2)11-17-16(15(3)19(21)22-17)12-18-20(4,23-18)10-6-9-13/h8-9,16-18H,3,5-7,10-12H2,1-2,4H3/b13-9+,14-8+/t16-,17+,18-,20-/m0/s1. The summed E-state index contributed by atoms with van der Waals surface area (Å²) in [6, 6.07) is 0. The van der Waals surface area contributed by atoms with Gasteiger partial charge in [-0.3, -0.25) is 0 Å². The fourth-order valence-corrected chi connectivity index (χ4v) is 3.84. The van der Waals surface area contributed by atoms with E-state index in [1.54, 1.807) is 0 Å². The number of hydrogen-bond donors (Lipinski definition) is 0. The second kappa shape index (κ2) is 6.27. The smallest absolute Gasteiger partial charge is 0.334 e. The van der Waals surface area contributed by atoms with Gasteiger partial charge in [0.15, 0.2) is 0 Å². The Balaban J connectivity index is 1.78. The monoisotopic (exact) mass is 316 g/mol. The van der Waals surface area contributed by atoms with Crippen molar-refractivity contribution < 1.29 is 14.3 Å². The van der Waals surface area contributed by atoms with E-state index in [2.05, 4.69) is 39.5 Å². The highest BCUT2D eigenvalue weighted by molar-refractivity contribution is 5.90. The lowest BCUT2D eigenvalue weighted by atomic mass is 9.85. The van der Waals surface area contributed by atoms with Crippen LogP contribution in [0.1, 0.15) is 59.3 Å². The van der Waals surface area contributed by atoms with E-state index in [-0.39, 0.29) is 29.7 Å². The van der Waals surface area contributed by atoms with Crippen molar-refractivity contribution in [3.63, 3.8) is 0 Å². The Morgan fingerprint density at radius 2 is 1.96 bits per heavy atom. The van der Waals surface area contributed by atoms with Crippen LogP contribution in [0.3, 0.4) is 0 Å². The lowest BCUT2D eigenvalue weighted by Crippen LogP contribution is -2.21. The van der Waals surface area contributed by atoms with Crippen molar-refractivity contribution in [3.05, 3.63) is 35.5 Å². The molecule has 0 unspecified atom stereocenters. The minimum atomic E-state index is -0.225. The first-order chi connectivity index (χ1) is 10.9. The average Bonchev–Trinajstić information content (AvgIpc) is 3.04. The molecule has 2 heterocycles. The molecule has 0 N–H and O–H groups in total. The molecule has 4 atom stereocenters. The van der Waals surface area contributed by atoms with E-state index in [9.17, 15) is 4.79 Å². The highest BCUT2D eigenvalue weighted by Crippen LogP contribution is 2.47. The third-order valence-corrected chi connectivity index (χ3v) is 5.61. The zero-order valence-electron chi connectivity index (χ0n) is 14.6. The van der Waals surface area contributed by atoms with Crippen molar-refractivity contribution in [3.8, 4) is 0 Å². The van der Waals surface area contributed by atoms with Gasteiger partial charge in [0.25, 0.3) is 0 Å². The molecule has 126 valence electrons. The predicted octanol–water partition coefficient (Wildman–Crippen LogP) is 4.49. The molecule has 2 aliphatic heterocycles. The van der Waals surface area contributed by atoms with Gasteiger partial charge in [-0.2, -0.15) is 0 Å². The van der Waals surface area contributed by atoms with E-state index in [0.29, 0.717) is 5.57 Å². The van der Waals surface area contributed by atoms with Crippen LogP contribution in [0.2, 0.25) is 0 Å². The van der Waals surface area contributed by atoms with Gasteiger partial charge in [-0.25, -0.2) is 4.79 Å². The van der Waals surface area contributed by atoms with Crippen molar-refractivity contribution >= 4 is 5.97 Å². The van der Waals surface area contributed by atoms with Crippen LogP contribution in [0.15, 0.2) is 35.5 Å². The fraction of sp³-hybridized carbons (Fsp3) is 0.650. The zero-order valence-corrected chi connectivity index (χ0v) is 14.6. The number of hydrogen-bond acceptors (Lipinski definition) is 3. The second-order valence-corrected chi connectivity index (χ2v) is 7.61. The van der Waals surface area contributed by atoms with Crippen molar-refractivity contribution in [1.82, 2.24) is 0 Å². The van der Waals surface area contributed by atoms with Gasteiger partial charge in [-0.05, 0) is 52.9 Å². The Morgan fingerprint density at radius 1 is 1.22 bits per heavy atom. The van der Waals surface area contributed by atoms with E-state index >= 15 is 0 Å². The SMILES string of the molecule is C=C1C(=O)O[C@@H]2C/C(C)=C/CC/C(C)=C/CC[C@]3(C)O[C@H]3C[C@@H]12. The third kappa shape index (κ3) is 3.60. The number of esters is 1. The summed E-state index contributed by atoms with van der Waals surface area (Å²) >= 11 is 0. The molecular weight excluding hydrogens is 288 g/mol. The Labute approximate surface area is 139 Å². The molecule has 3 nitrogen and oxygen atoms in total. The van der Waals surface area contributed by atoms with Crippen molar-refractivity contribution in [1.29, 1.82) is 0 Å². The summed E-state index contributed by atoms with van der Waals surface area (Å²) in [6.45, 7) is 10.5. The maximum Gasteiger partial charge on any atom is 0.334 e. The van der Waals surface area contributed by atoms with E-state index in [0.717, 1.165) is 38.5 Å². The summed E-state index contributed by atoms with van der Waals surface area (Å²) in [5.74, 6) is -0.130. The zero-order chi connectivity index (χ0) is 16.6. The largest absolute Gasteiger partial charge is 0.458 e. The highest BCUT2D eigenvalue weighted by Gasteiger charge is 2.54. The molecule has 3 heteroatoms. The first-order valence-corrected chi connectivity index (χ1v) is 8.78. The van der Waals surface area contributed by atoms with Gasteiger partial charge < -0.3 is 9.47 Å². The molecule has 0 bridgehead atoms. The maximum absolute atomic E-state index is 11.9. The Hall–Kier alpha value is -1.35. The molecule has 0 aromatic heterocycles. The predicted molar refractivity (Wildman–Crippen MR) is 91.0 cm³/mol. The molecule has 23 heavy (non-hydrogen) atoms. The number of ether oxygens (including phenoxy) is 2. The van der Waals surface area contributed by atoms with Crippen LogP contribution >= 0.6 is 0 Å². The molecule has 0 spiro atoms. The lowest BCUT2D eigenvalue weighted by Gasteiger charge is -2.18. The summed E-state index contributed by atoms with van der Waals surface area (Å²) < 4.78 is 11.6. The quantitative estimate of drug-likeness (QED) is 0.286. The second-order valence-electron chi connectivity index (χ2n) is 7.61. The van der Waals surface area contributed by atoms with Crippen molar-refractivity contribution in [2.24, 2.45) is 5.92 Å². The molecule has 2 saturated heterocycles. The number of fused-ring (bicyclic) bond motifs is 2.